The summed E-state index contributed by atoms with van der Waals surface area (Å²) in [6.07, 6.45) is 9.57. The second kappa shape index (κ2) is 10.4. The van der Waals surface area contributed by atoms with E-state index in [1.807, 2.05) is 24.3 Å². The molecule has 40 heavy (non-hydrogen) atoms. The number of carbonyl (C=O) groups is 3. The van der Waals surface area contributed by atoms with Gasteiger partial charge >= 0.3 is 0 Å². The van der Waals surface area contributed by atoms with Crippen molar-refractivity contribution in [3.05, 3.63) is 66.5 Å². The molecule has 1 aromatic carbocycles. The molecule has 2 saturated heterocycles. The number of amides is 3. The third-order valence-corrected chi connectivity index (χ3v) is 9.39. The Morgan fingerprint density at radius 2 is 1.95 bits per heavy atom. The number of likely N-dealkylation sites (tertiary alicyclic amines) is 1. The summed E-state index contributed by atoms with van der Waals surface area (Å²) in [6.45, 7) is 4.61. The van der Waals surface area contributed by atoms with Gasteiger partial charge in [0, 0.05) is 30.7 Å². The van der Waals surface area contributed by atoms with E-state index in [1.54, 1.807) is 48.7 Å². The van der Waals surface area contributed by atoms with Crippen molar-refractivity contribution in [2.45, 2.75) is 63.4 Å². The van der Waals surface area contributed by atoms with Crippen molar-refractivity contribution < 1.29 is 23.9 Å². The monoisotopic (exact) mass is 544 g/mol. The SMILES string of the molecule is COc1ccc(NC(=O)[C@@H]2[C@@H]3C=C[C@]4(O3)[C@@H]2C(=O)N(Cc2cccnc2)[C@H]4C(=O)N[C@@H]2CCC[C@@H](C)[C@H]2C)cc1. The summed E-state index contributed by atoms with van der Waals surface area (Å²) >= 11 is 0. The quantitative estimate of drug-likeness (QED) is 0.518. The predicted octanol–water partition coefficient (Wildman–Crippen LogP) is 3.32. The zero-order chi connectivity index (χ0) is 28.0. The molecule has 2 N–H and O–H groups in total. The number of nitrogens with zero attached hydrogens (tertiary/aromatic N) is 2. The van der Waals surface area contributed by atoms with Crippen LogP contribution in [-0.2, 0) is 25.7 Å². The van der Waals surface area contributed by atoms with Gasteiger partial charge in [-0.15, -0.1) is 0 Å². The lowest BCUT2D eigenvalue weighted by Gasteiger charge is -2.38. The van der Waals surface area contributed by atoms with Gasteiger partial charge in [-0.2, -0.15) is 0 Å². The van der Waals surface area contributed by atoms with E-state index in [4.69, 9.17) is 9.47 Å². The lowest BCUT2D eigenvalue weighted by atomic mass is 9.73. The Kier molecular flexibility index (Phi) is 6.86. The van der Waals surface area contributed by atoms with Gasteiger partial charge in [0.05, 0.1) is 25.0 Å². The second-order valence-corrected chi connectivity index (χ2v) is 11.6. The fourth-order valence-electron chi connectivity index (χ4n) is 7.07. The predicted molar refractivity (Wildman–Crippen MR) is 148 cm³/mol. The number of rotatable bonds is 7. The number of fused-ring (bicyclic) bond motifs is 1. The normalized spacial score (nSPS) is 34.0. The lowest BCUT2D eigenvalue weighted by Crippen LogP contribution is -2.57. The van der Waals surface area contributed by atoms with Gasteiger partial charge in [0.2, 0.25) is 17.7 Å². The molecule has 2 bridgehead atoms. The summed E-state index contributed by atoms with van der Waals surface area (Å²) in [4.78, 5) is 47.7. The van der Waals surface area contributed by atoms with Crippen LogP contribution in [0.4, 0.5) is 5.69 Å². The average molecular weight is 545 g/mol. The minimum absolute atomic E-state index is 0.0267. The van der Waals surface area contributed by atoms with E-state index in [1.165, 1.54) is 0 Å². The largest absolute Gasteiger partial charge is 0.497 e. The van der Waals surface area contributed by atoms with E-state index in [0.29, 0.717) is 23.3 Å². The van der Waals surface area contributed by atoms with Crippen molar-refractivity contribution in [3.8, 4) is 5.75 Å². The van der Waals surface area contributed by atoms with Gasteiger partial charge in [-0.1, -0.05) is 44.9 Å². The number of ether oxygens (including phenoxy) is 2. The molecule has 0 unspecified atom stereocenters. The molecule has 9 heteroatoms. The number of methoxy groups -OCH3 is 1. The number of pyridine rings is 1. The van der Waals surface area contributed by atoms with Gasteiger partial charge in [0.15, 0.2) is 0 Å². The first-order chi connectivity index (χ1) is 19.3. The number of hydrogen-bond acceptors (Lipinski definition) is 6. The number of carbonyl (C=O) groups excluding carboxylic acids is 3. The zero-order valence-corrected chi connectivity index (χ0v) is 23.1. The van der Waals surface area contributed by atoms with Crippen molar-refractivity contribution in [1.82, 2.24) is 15.2 Å². The highest BCUT2D eigenvalue weighted by molar-refractivity contribution is 6.02. The molecule has 210 valence electrons. The van der Waals surface area contributed by atoms with Gasteiger partial charge in [-0.25, -0.2) is 0 Å². The fraction of sp³-hybridized carbons (Fsp3) is 0.484. The third kappa shape index (κ3) is 4.36. The van der Waals surface area contributed by atoms with Crippen molar-refractivity contribution in [2.75, 3.05) is 12.4 Å². The molecular formula is C31H36N4O5. The lowest BCUT2D eigenvalue weighted by molar-refractivity contribution is -0.142. The number of aromatic nitrogens is 1. The van der Waals surface area contributed by atoms with E-state index in [9.17, 15) is 14.4 Å². The maximum Gasteiger partial charge on any atom is 0.246 e. The topological polar surface area (TPSA) is 110 Å². The first kappa shape index (κ1) is 26.5. The highest BCUT2D eigenvalue weighted by Crippen LogP contribution is 2.55. The smallest absolute Gasteiger partial charge is 0.246 e. The van der Waals surface area contributed by atoms with Crippen molar-refractivity contribution in [2.24, 2.45) is 23.7 Å². The zero-order valence-electron chi connectivity index (χ0n) is 23.1. The minimum atomic E-state index is -1.21. The molecule has 9 nitrogen and oxygen atoms in total. The van der Waals surface area contributed by atoms with Crippen molar-refractivity contribution in [1.29, 1.82) is 0 Å². The molecule has 3 fully saturated rings. The van der Waals surface area contributed by atoms with Gasteiger partial charge in [-0.05, 0) is 54.2 Å². The molecule has 8 atom stereocenters. The number of anilines is 1. The molecule has 3 aliphatic heterocycles. The van der Waals surface area contributed by atoms with E-state index in [0.717, 1.165) is 24.8 Å². The molecule has 3 amide bonds. The van der Waals surface area contributed by atoms with Gasteiger partial charge in [0.25, 0.3) is 0 Å². The van der Waals surface area contributed by atoms with Crippen LogP contribution < -0.4 is 15.4 Å². The molecule has 1 aliphatic carbocycles. The maximum absolute atomic E-state index is 14.2. The summed E-state index contributed by atoms with van der Waals surface area (Å²) in [5, 5.41) is 6.23. The highest BCUT2D eigenvalue weighted by Gasteiger charge is 2.72. The Labute approximate surface area is 234 Å². The number of nitrogens with one attached hydrogen (secondary N) is 2. The van der Waals surface area contributed by atoms with Crippen LogP contribution in [0.5, 0.6) is 5.75 Å². The van der Waals surface area contributed by atoms with E-state index in [-0.39, 0.29) is 30.3 Å². The summed E-state index contributed by atoms with van der Waals surface area (Å²) in [5.74, 6) is -0.853. The summed E-state index contributed by atoms with van der Waals surface area (Å²) in [6, 6.07) is 9.86. The molecule has 0 radical (unpaired) electrons. The van der Waals surface area contributed by atoms with Crippen LogP contribution in [0.15, 0.2) is 60.9 Å². The number of benzene rings is 1. The molecule has 6 rings (SSSR count). The molecule has 1 aromatic heterocycles. The molecular weight excluding hydrogens is 508 g/mol. The highest BCUT2D eigenvalue weighted by atomic mass is 16.5. The van der Waals surface area contributed by atoms with Gasteiger partial charge in [-0.3, -0.25) is 19.4 Å². The first-order valence-corrected chi connectivity index (χ1v) is 14.1. The maximum atomic E-state index is 14.2. The van der Waals surface area contributed by atoms with Crippen molar-refractivity contribution >= 4 is 23.4 Å². The summed E-state index contributed by atoms with van der Waals surface area (Å²) in [7, 11) is 1.58. The van der Waals surface area contributed by atoms with E-state index >= 15 is 0 Å². The average Bonchev–Trinajstić information content (AvgIpc) is 3.60. The minimum Gasteiger partial charge on any atom is -0.497 e. The second-order valence-electron chi connectivity index (χ2n) is 11.6. The molecule has 4 aliphatic rings. The van der Waals surface area contributed by atoms with E-state index in [2.05, 4.69) is 29.5 Å². The Morgan fingerprint density at radius 1 is 1.15 bits per heavy atom. The first-order valence-electron chi connectivity index (χ1n) is 14.1. The van der Waals surface area contributed by atoms with Crippen LogP contribution in [0.3, 0.4) is 0 Å². The van der Waals surface area contributed by atoms with Crippen LogP contribution in [0.1, 0.15) is 38.7 Å². The third-order valence-electron chi connectivity index (χ3n) is 9.39. The molecule has 1 spiro atoms. The van der Waals surface area contributed by atoms with Crippen LogP contribution >= 0.6 is 0 Å². The molecule has 1 saturated carbocycles. The Hall–Kier alpha value is -3.72. The van der Waals surface area contributed by atoms with Gasteiger partial charge < -0.3 is 25.0 Å². The molecule has 4 heterocycles. The number of hydrogen-bond donors (Lipinski definition) is 2. The Bertz CT molecular complexity index is 1310. The summed E-state index contributed by atoms with van der Waals surface area (Å²) < 4.78 is 11.7. The Balaban J connectivity index is 1.31. The van der Waals surface area contributed by atoms with Crippen LogP contribution in [0, 0.1) is 23.7 Å². The van der Waals surface area contributed by atoms with Crippen LogP contribution in [0.25, 0.3) is 0 Å². The van der Waals surface area contributed by atoms with E-state index < -0.39 is 29.6 Å². The summed E-state index contributed by atoms with van der Waals surface area (Å²) in [5.41, 5.74) is 0.195. The van der Waals surface area contributed by atoms with Crippen LogP contribution in [0.2, 0.25) is 0 Å². The van der Waals surface area contributed by atoms with Crippen LogP contribution in [-0.4, -0.2) is 58.5 Å². The standard InChI is InChI=1S/C31H36N4O5/c1-18-6-4-8-23(19(18)2)34-29(37)27-31-14-13-24(40-31)25(28(36)33-21-9-11-22(39-3)12-10-21)26(31)30(38)35(27)17-20-7-5-15-32-16-20/h5,7,9-16,18-19,23-27H,4,6,8,17H2,1-3H3,(H,33,36)(H,34,37)/t18-,19-,23-,24+,25-,26+,27+,31+/m1/s1. The van der Waals surface area contributed by atoms with Gasteiger partial charge in [0.1, 0.15) is 17.4 Å². The Morgan fingerprint density at radius 3 is 2.67 bits per heavy atom. The molecule has 2 aromatic rings. The fourth-order valence-corrected chi connectivity index (χ4v) is 7.07. The van der Waals surface area contributed by atoms with Crippen molar-refractivity contribution in [3.63, 3.8) is 0 Å².